The number of aliphatic hydroxyl groups is 1. The molecule has 2 aliphatic rings. The highest BCUT2D eigenvalue weighted by Gasteiger charge is 2.47. The van der Waals surface area contributed by atoms with Crippen molar-refractivity contribution in [3.8, 4) is 12.1 Å². The van der Waals surface area contributed by atoms with Crippen LogP contribution in [0.1, 0.15) is 29.7 Å². The van der Waals surface area contributed by atoms with Crippen LogP contribution in [0.2, 0.25) is 0 Å². The van der Waals surface area contributed by atoms with E-state index in [0.29, 0.717) is 24.5 Å². The largest absolute Gasteiger partial charge is 0.416 e. The van der Waals surface area contributed by atoms with E-state index in [4.69, 9.17) is 0 Å². The van der Waals surface area contributed by atoms with Gasteiger partial charge in [-0.2, -0.15) is 23.7 Å². The Hall–Kier alpha value is -4.44. The summed E-state index contributed by atoms with van der Waals surface area (Å²) in [5.74, 6) is 0. The number of rotatable bonds is 5. The van der Waals surface area contributed by atoms with Gasteiger partial charge in [0.2, 0.25) is 0 Å². The van der Waals surface area contributed by atoms with E-state index >= 15 is 0 Å². The number of nitrogens with zero attached hydrogens (tertiary/aromatic N) is 6. The molecule has 226 valence electrons. The van der Waals surface area contributed by atoms with Crippen molar-refractivity contribution in [2.45, 2.75) is 24.0 Å². The number of carbonyl (C=O) groups is 2. The van der Waals surface area contributed by atoms with E-state index in [1.807, 2.05) is 17.0 Å². The lowest BCUT2D eigenvalue weighted by Crippen LogP contribution is -2.59. The van der Waals surface area contributed by atoms with E-state index in [1.165, 1.54) is 30.0 Å². The zero-order valence-electron chi connectivity index (χ0n) is 23.2. The molecule has 2 aromatic rings. The molecule has 2 aromatic carbocycles. The molecule has 2 heterocycles. The van der Waals surface area contributed by atoms with Gasteiger partial charge < -0.3 is 10.0 Å². The number of halogens is 3. The first-order valence-electron chi connectivity index (χ1n) is 13.0. The molecule has 0 spiro atoms. The predicted molar refractivity (Wildman–Crippen MR) is 147 cm³/mol. The molecule has 43 heavy (non-hydrogen) atoms. The quantitative estimate of drug-likeness (QED) is 0.537. The third kappa shape index (κ3) is 6.19. The second kappa shape index (κ2) is 12.0. The van der Waals surface area contributed by atoms with Crippen molar-refractivity contribution in [2.75, 3.05) is 50.5 Å². The van der Waals surface area contributed by atoms with Crippen molar-refractivity contribution in [3.63, 3.8) is 0 Å². The summed E-state index contributed by atoms with van der Waals surface area (Å²) in [6.45, 7) is 2.52. The molecular formula is C28H27F3N6O5S. The summed E-state index contributed by atoms with van der Waals surface area (Å²) in [4.78, 5) is 32.6. The Morgan fingerprint density at radius 3 is 2.30 bits per heavy atom. The van der Waals surface area contributed by atoms with Gasteiger partial charge in [-0.1, -0.05) is 12.1 Å². The average Bonchev–Trinajstić information content (AvgIpc) is 2.96. The van der Waals surface area contributed by atoms with Crippen LogP contribution in [0.15, 0.2) is 58.6 Å². The molecule has 0 aromatic heterocycles. The van der Waals surface area contributed by atoms with Crippen molar-refractivity contribution >= 4 is 27.6 Å². The standard InChI is InChI=1S/C28H27F3N6O5S/c1-18-23(17-33)25(22-7-6-19(16-32)14-24(22)43(2,41)42)37(26(39)35-10-8-34(9-11-35)12-13-38)27(40)36(18)21-5-3-4-20(15-21)28(29,30)31/h3-7,14-15,25,38H,8-13H2,1-2H3/t25-/m1/s1. The maximum atomic E-state index is 14.2. The Morgan fingerprint density at radius 1 is 1.07 bits per heavy atom. The number of aliphatic hydroxyl groups excluding tert-OH is 1. The van der Waals surface area contributed by atoms with Crippen LogP contribution in [0.5, 0.6) is 0 Å². The van der Waals surface area contributed by atoms with Crippen LogP contribution in [-0.4, -0.2) is 85.9 Å². The van der Waals surface area contributed by atoms with E-state index in [-0.39, 0.29) is 52.7 Å². The second-order valence-electron chi connectivity index (χ2n) is 10.0. The number of hydrogen-bond acceptors (Lipinski definition) is 8. The molecule has 0 radical (unpaired) electrons. The number of piperazine rings is 1. The number of sulfone groups is 1. The summed E-state index contributed by atoms with van der Waals surface area (Å²) < 4.78 is 66.4. The fraction of sp³-hybridized carbons (Fsp3) is 0.357. The smallest absolute Gasteiger partial charge is 0.395 e. The summed E-state index contributed by atoms with van der Waals surface area (Å²) in [5, 5.41) is 29.0. The van der Waals surface area contributed by atoms with E-state index in [1.54, 1.807) is 0 Å². The average molecular weight is 617 g/mol. The van der Waals surface area contributed by atoms with Crippen LogP contribution in [0.25, 0.3) is 0 Å². The molecule has 1 saturated heterocycles. The van der Waals surface area contributed by atoms with E-state index in [9.17, 15) is 46.8 Å². The molecule has 0 unspecified atom stereocenters. The first-order valence-corrected chi connectivity index (χ1v) is 14.9. The first kappa shape index (κ1) is 31.5. The number of alkyl halides is 3. The lowest BCUT2D eigenvalue weighted by atomic mass is 9.93. The third-order valence-corrected chi connectivity index (χ3v) is 8.46. The predicted octanol–water partition coefficient (Wildman–Crippen LogP) is 3.49. The van der Waals surface area contributed by atoms with Gasteiger partial charge in [-0.3, -0.25) is 9.80 Å². The number of β-amino-alcohol motifs (C(OH)–C–C–N with tert-alkyl or cyclic N) is 1. The van der Waals surface area contributed by atoms with E-state index < -0.39 is 39.7 Å². The van der Waals surface area contributed by atoms with Crippen molar-refractivity contribution in [2.24, 2.45) is 0 Å². The van der Waals surface area contributed by atoms with Crippen molar-refractivity contribution in [3.05, 3.63) is 70.4 Å². The van der Waals surface area contributed by atoms with Crippen molar-refractivity contribution < 1.29 is 36.3 Å². The minimum absolute atomic E-state index is 0.0194. The van der Waals surface area contributed by atoms with Crippen molar-refractivity contribution in [1.82, 2.24) is 14.7 Å². The minimum atomic E-state index is -4.75. The summed E-state index contributed by atoms with van der Waals surface area (Å²) in [7, 11) is -4.07. The number of benzene rings is 2. The van der Waals surface area contributed by atoms with Gasteiger partial charge in [-0.25, -0.2) is 22.9 Å². The summed E-state index contributed by atoms with van der Waals surface area (Å²) >= 11 is 0. The minimum Gasteiger partial charge on any atom is -0.395 e. The topological polar surface area (TPSA) is 149 Å². The number of nitriles is 2. The molecule has 1 atom stereocenters. The summed E-state index contributed by atoms with van der Waals surface area (Å²) in [5.41, 5.74) is -1.81. The third-order valence-electron chi connectivity index (χ3n) is 7.31. The molecule has 15 heteroatoms. The van der Waals surface area contributed by atoms with Gasteiger partial charge in [0.1, 0.15) is 6.04 Å². The number of carbonyl (C=O) groups excluding carboxylic acids is 2. The normalized spacial score (nSPS) is 18.5. The number of amides is 4. The molecule has 0 bridgehead atoms. The van der Waals surface area contributed by atoms with Crippen LogP contribution < -0.4 is 4.90 Å². The molecule has 1 N–H and O–H groups in total. The highest BCUT2D eigenvalue weighted by molar-refractivity contribution is 7.90. The summed E-state index contributed by atoms with van der Waals surface area (Å²) in [6.07, 6.45) is -3.87. The number of urea groups is 2. The van der Waals surface area contributed by atoms with Gasteiger partial charge in [0.15, 0.2) is 9.84 Å². The molecule has 0 saturated carbocycles. The van der Waals surface area contributed by atoms with Gasteiger partial charge in [-0.15, -0.1) is 0 Å². The first-order chi connectivity index (χ1) is 20.2. The molecule has 4 rings (SSSR count). The van der Waals surface area contributed by atoms with Crippen LogP contribution in [-0.2, 0) is 16.0 Å². The Kier molecular flexibility index (Phi) is 8.82. The zero-order chi connectivity index (χ0) is 31.7. The number of imide groups is 1. The van der Waals surface area contributed by atoms with Gasteiger partial charge in [-0.05, 0) is 42.8 Å². The number of allylic oxidation sites excluding steroid dienone is 1. The summed E-state index contributed by atoms with van der Waals surface area (Å²) in [6, 6.07) is 7.69. The zero-order valence-corrected chi connectivity index (χ0v) is 24.0. The molecule has 0 aliphatic carbocycles. The van der Waals surface area contributed by atoms with Crippen LogP contribution in [0.4, 0.5) is 28.4 Å². The second-order valence-corrected chi connectivity index (χ2v) is 12.0. The lowest BCUT2D eigenvalue weighted by Gasteiger charge is -2.44. The molecule has 4 amide bonds. The Bertz CT molecular complexity index is 1670. The van der Waals surface area contributed by atoms with Crippen LogP contribution in [0.3, 0.4) is 0 Å². The molecule has 2 aliphatic heterocycles. The highest BCUT2D eigenvalue weighted by atomic mass is 32.2. The number of anilines is 1. The van der Waals surface area contributed by atoms with Crippen molar-refractivity contribution in [1.29, 1.82) is 10.5 Å². The van der Waals surface area contributed by atoms with Gasteiger partial charge in [0.25, 0.3) is 0 Å². The maximum absolute atomic E-state index is 14.2. The fourth-order valence-electron chi connectivity index (χ4n) is 5.17. The van der Waals surface area contributed by atoms with Crippen LogP contribution in [0, 0.1) is 22.7 Å². The van der Waals surface area contributed by atoms with Gasteiger partial charge >= 0.3 is 18.2 Å². The highest BCUT2D eigenvalue weighted by Crippen LogP contribution is 2.43. The Labute approximate surface area is 246 Å². The van der Waals surface area contributed by atoms with Gasteiger partial charge in [0.05, 0.1) is 46.0 Å². The number of hydrogen-bond donors (Lipinski definition) is 1. The fourth-order valence-corrected chi connectivity index (χ4v) is 6.12. The Balaban J connectivity index is 1.94. The van der Waals surface area contributed by atoms with E-state index in [0.717, 1.165) is 35.4 Å². The molecule has 1 fully saturated rings. The monoisotopic (exact) mass is 616 g/mol. The SMILES string of the molecule is CC1=C(C#N)[C@@H](c2ccc(C#N)cc2S(C)(=O)=O)N(C(=O)N2CCN(CCO)CC2)C(=O)N1c1cccc(C(F)(F)F)c1. The maximum Gasteiger partial charge on any atom is 0.416 e. The van der Waals surface area contributed by atoms with E-state index in [2.05, 4.69) is 0 Å². The van der Waals surface area contributed by atoms with Crippen LogP contribution >= 0.6 is 0 Å². The molecular weight excluding hydrogens is 589 g/mol. The Morgan fingerprint density at radius 2 is 1.74 bits per heavy atom. The lowest BCUT2D eigenvalue weighted by molar-refractivity contribution is -0.137. The van der Waals surface area contributed by atoms with Gasteiger partial charge in [0, 0.05) is 44.7 Å². The molecule has 11 nitrogen and oxygen atoms in total.